The van der Waals surface area contributed by atoms with Crippen LogP contribution in [0.15, 0.2) is 46.9 Å². The molecule has 0 spiro atoms. The molecule has 2 rings (SSSR count). The number of hydrogen-bond acceptors (Lipinski definition) is 4. The maximum absolute atomic E-state index is 12.4. The first-order valence-electron chi connectivity index (χ1n) is 7.89. The predicted molar refractivity (Wildman–Crippen MR) is 100 cm³/mol. The first-order valence-corrected chi connectivity index (χ1v) is 8.68. The van der Waals surface area contributed by atoms with Crippen molar-refractivity contribution in [3.05, 3.63) is 52.5 Å². The molecule has 25 heavy (non-hydrogen) atoms. The fraction of sp³-hybridized carbons (Fsp3) is 0.316. The summed E-state index contributed by atoms with van der Waals surface area (Å²) in [5.74, 6) is 1.82. The average molecular weight is 408 g/mol. The van der Waals surface area contributed by atoms with Gasteiger partial charge in [-0.3, -0.25) is 4.79 Å². The minimum Gasteiger partial charge on any atom is -0.497 e. The summed E-state index contributed by atoms with van der Waals surface area (Å²) >= 11 is 3.37. The first kappa shape index (κ1) is 19.1. The number of nitrogens with one attached hydrogen (secondary N) is 1. The van der Waals surface area contributed by atoms with E-state index in [1.165, 1.54) is 0 Å². The Kier molecular flexibility index (Phi) is 6.70. The molecule has 0 radical (unpaired) electrons. The highest BCUT2D eigenvalue weighted by atomic mass is 79.9. The van der Waals surface area contributed by atoms with Crippen LogP contribution in [-0.4, -0.2) is 26.2 Å². The van der Waals surface area contributed by atoms with Crippen LogP contribution in [0.4, 0.5) is 0 Å². The fourth-order valence-electron chi connectivity index (χ4n) is 2.36. The number of ether oxygens (including phenoxy) is 3. The Labute approximate surface area is 156 Å². The van der Waals surface area contributed by atoms with Gasteiger partial charge in [0.25, 0.3) is 5.91 Å². The van der Waals surface area contributed by atoms with Crippen molar-refractivity contribution in [3.63, 3.8) is 0 Å². The number of benzene rings is 2. The predicted octanol–water partition coefficient (Wildman–Crippen LogP) is 4.11. The Morgan fingerprint density at radius 3 is 2.24 bits per heavy atom. The van der Waals surface area contributed by atoms with Crippen molar-refractivity contribution in [2.45, 2.75) is 26.0 Å². The molecule has 0 unspecified atom stereocenters. The largest absolute Gasteiger partial charge is 0.497 e. The van der Waals surface area contributed by atoms with Gasteiger partial charge in [0, 0.05) is 10.0 Å². The number of amides is 1. The molecule has 0 saturated heterocycles. The summed E-state index contributed by atoms with van der Waals surface area (Å²) in [5.41, 5.74) is 0.839. The Bertz CT molecular complexity index is 718. The van der Waals surface area contributed by atoms with Crippen LogP contribution < -0.4 is 19.5 Å². The van der Waals surface area contributed by atoms with Gasteiger partial charge in [0.1, 0.15) is 17.2 Å². The zero-order chi connectivity index (χ0) is 18.4. The monoisotopic (exact) mass is 407 g/mol. The standard InChI is InChI=1S/C19H22BrNO4/c1-12(17-11-16(23-3)9-10-18(17)24-4)21-19(22)13(2)25-15-7-5-14(20)6-8-15/h5-13H,1-4H3,(H,21,22)/t12-,13-/m1/s1. The average Bonchev–Trinajstić information content (AvgIpc) is 2.62. The van der Waals surface area contributed by atoms with Crippen LogP contribution in [0.2, 0.25) is 0 Å². The summed E-state index contributed by atoms with van der Waals surface area (Å²) in [4.78, 5) is 12.4. The maximum Gasteiger partial charge on any atom is 0.261 e. The van der Waals surface area contributed by atoms with Crippen molar-refractivity contribution < 1.29 is 19.0 Å². The molecule has 2 atom stereocenters. The number of methoxy groups -OCH3 is 2. The van der Waals surface area contributed by atoms with E-state index in [9.17, 15) is 4.79 Å². The summed E-state index contributed by atoms with van der Waals surface area (Å²) in [6.07, 6.45) is -0.625. The third kappa shape index (κ3) is 5.13. The van der Waals surface area contributed by atoms with Crippen LogP contribution in [0.3, 0.4) is 0 Å². The third-order valence-electron chi connectivity index (χ3n) is 3.76. The highest BCUT2D eigenvalue weighted by Gasteiger charge is 2.20. The number of hydrogen-bond donors (Lipinski definition) is 1. The number of rotatable bonds is 7. The molecule has 0 aromatic heterocycles. The van der Waals surface area contributed by atoms with Crippen molar-refractivity contribution in [1.82, 2.24) is 5.32 Å². The quantitative estimate of drug-likeness (QED) is 0.749. The molecule has 1 N–H and O–H groups in total. The van der Waals surface area contributed by atoms with Crippen LogP contribution in [-0.2, 0) is 4.79 Å². The van der Waals surface area contributed by atoms with Gasteiger partial charge in [0.15, 0.2) is 6.10 Å². The summed E-state index contributed by atoms with van der Waals surface area (Å²) < 4.78 is 17.3. The lowest BCUT2D eigenvalue weighted by Crippen LogP contribution is -2.37. The zero-order valence-electron chi connectivity index (χ0n) is 14.7. The lowest BCUT2D eigenvalue weighted by Gasteiger charge is -2.21. The molecule has 0 aliphatic heterocycles. The molecular formula is C19H22BrNO4. The Balaban J connectivity index is 2.05. The summed E-state index contributed by atoms with van der Waals surface area (Å²) in [6, 6.07) is 12.6. The van der Waals surface area contributed by atoms with E-state index in [0.29, 0.717) is 17.2 Å². The van der Waals surface area contributed by atoms with Gasteiger partial charge < -0.3 is 19.5 Å². The molecule has 5 nitrogen and oxygen atoms in total. The van der Waals surface area contributed by atoms with Crippen LogP contribution >= 0.6 is 15.9 Å². The van der Waals surface area contributed by atoms with Gasteiger partial charge >= 0.3 is 0 Å². The van der Waals surface area contributed by atoms with E-state index in [2.05, 4.69) is 21.2 Å². The second-order valence-electron chi connectivity index (χ2n) is 5.55. The summed E-state index contributed by atoms with van der Waals surface area (Å²) in [6.45, 7) is 3.61. The van der Waals surface area contributed by atoms with Gasteiger partial charge in [0.2, 0.25) is 0 Å². The summed E-state index contributed by atoms with van der Waals surface area (Å²) in [5, 5.41) is 2.94. The highest BCUT2D eigenvalue weighted by Crippen LogP contribution is 2.29. The Morgan fingerprint density at radius 2 is 1.64 bits per heavy atom. The van der Waals surface area contributed by atoms with Crippen molar-refractivity contribution >= 4 is 21.8 Å². The smallest absolute Gasteiger partial charge is 0.261 e. The van der Waals surface area contributed by atoms with E-state index in [1.54, 1.807) is 21.1 Å². The summed E-state index contributed by atoms with van der Waals surface area (Å²) in [7, 11) is 3.20. The Morgan fingerprint density at radius 1 is 1.00 bits per heavy atom. The first-order chi connectivity index (χ1) is 11.9. The second kappa shape index (κ2) is 8.76. The van der Waals surface area contributed by atoms with Crippen LogP contribution in [0.1, 0.15) is 25.5 Å². The second-order valence-corrected chi connectivity index (χ2v) is 6.47. The molecule has 0 bridgehead atoms. The molecule has 0 heterocycles. The molecule has 6 heteroatoms. The maximum atomic E-state index is 12.4. The van der Waals surface area contributed by atoms with Crippen molar-refractivity contribution in [2.75, 3.05) is 14.2 Å². The minimum absolute atomic E-state index is 0.208. The SMILES string of the molecule is COc1ccc(OC)c([C@@H](C)NC(=O)[C@@H](C)Oc2ccc(Br)cc2)c1. The van der Waals surface area contributed by atoms with Gasteiger partial charge in [-0.25, -0.2) is 0 Å². The number of halogens is 1. The molecule has 0 aliphatic carbocycles. The van der Waals surface area contributed by atoms with Crippen LogP contribution in [0.5, 0.6) is 17.2 Å². The van der Waals surface area contributed by atoms with E-state index in [-0.39, 0.29) is 11.9 Å². The lowest BCUT2D eigenvalue weighted by atomic mass is 10.1. The minimum atomic E-state index is -0.625. The van der Waals surface area contributed by atoms with Gasteiger partial charge in [-0.2, -0.15) is 0 Å². The Hall–Kier alpha value is -2.21. The molecule has 0 saturated carbocycles. The fourth-order valence-corrected chi connectivity index (χ4v) is 2.62. The molecule has 0 fully saturated rings. The zero-order valence-corrected chi connectivity index (χ0v) is 16.3. The van der Waals surface area contributed by atoms with Gasteiger partial charge in [-0.05, 0) is 56.3 Å². The molecule has 2 aromatic rings. The van der Waals surface area contributed by atoms with Gasteiger partial charge in [-0.15, -0.1) is 0 Å². The van der Waals surface area contributed by atoms with Gasteiger partial charge in [0.05, 0.1) is 20.3 Å². The van der Waals surface area contributed by atoms with Crippen LogP contribution in [0, 0.1) is 0 Å². The highest BCUT2D eigenvalue weighted by molar-refractivity contribution is 9.10. The van der Waals surface area contributed by atoms with E-state index in [0.717, 1.165) is 10.0 Å². The lowest BCUT2D eigenvalue weighted by molar-refractivity contribution is -0.127. The van der Waals surface area contributed by atoms with E-state index in [4.69, 9.17) is 14.2 Å². The van der Waals surface area contributed by atoms with Crippen molar-refractivity contribution in [1.29, 1.82) is 0 Å². The molecule has 2 aromatic carbocycles. The van der Waals surface area contributed by atoms with E-state index < -0.39 is 6.10 Å². The molecule has 1 amide bonds. The topological polar surface area (TPSA) is 56.8 Å². The molecule has 134 valence electrons. The van der Waals surface area contributed by atoms with Gasteiger partial charge in [-0.1, -0.05) is 15.9 Å². The van der Waals surface area contributed by atoms with Crippen LogP contribution in [0.25, 0.3) is 0 Å². The van der Waals surface area contributed by atoms with Crippen molar-refractivity contribution in [2.24, 2.45) is 0 Å². The third-order valence-corrected chi connectivity index (χ3v) is 4.29. The number of carbonyl (C=O) groups excluding carboxylic acids is 1. The number of carbonyl (C=O) groups is 1. The van der Waals surface area contributed by atoms with E-state index >= 15 is 0 Å². The normalized spacial score (nSPS) is 12.8. The van der Waals surface area contributed by atoms with Crippen molar-refractivity contribution in [3.8, 4) is 17.2 Å². The molecular weight excluding hydrogens is 386 g/mol. The van der Waals surface area contributed by atoms with E-state index in [1.807, 2.05) is 49.4 Å². The molecule has 0 aliphatic rings.